The minimum absolute atomic E-state index is 0.260. The normalized spacial score (nSPS) is 12.5. The summed E-state index contributed by atoms with van der Waals surface area (Å²) in [6, 6.07) is 11.6. The molecule has 0 fully saturated rings. The van der Waals surface area contributed by atoms with Crippen molar-refractivity contribution in [2.24, 2.45) is 7.05 Å². The SMILES string of the molecule is Cc1nn(C)c2ncc(CNC[C@H](O)COc3ccccc3)cc12. The predicted octanol–water partition coefficient (Wildman–Crippen LogP) is 1.81. The molecule has 3 rings (SSSR count). The van der Waals surface area contributed by atoms with Gasteiger partial charge in [-0.2, -0.15) is 5.10 Å². The van der Waals surface area contributed by atoms with Crippen molar-refractivity contribution in [1.82, 2.24) is 20.1 Å². The molecule has 0 spiro atoms. The Kier molecular flexibility index (Phi) is 5.08. The molecule has 0 bridgehead atoms. The molecule has 2 heterocycles. The van der Waals surface area contributed by atoms with Gasteiger partial charge in [0.05, 0.1) is 5.69 Å². The van der Waals surface area contributed by atoms with Crippen molar-refractivity contribution in [2.45, 2.75) is 19.6 Å². The van der Waals surface area contributed by atoms with Crippen molar-refractivity contribution in [3.8, 4) is 5.75 Å². The molecule has 2 aromatic heterocycles. The fourth-order valence-corrected chi connectivity index (χ4v) is 2.60. The number of aliphatic hydroxyl groups is 1. The zero-order chi connectivity index (χ0) is 16.9. The van der Waals surface area contributed by atoms with Crippen LogP contribution in [-0.4, -0.2) is 39.1 Å². The first kappa shape index (κ1) is 16.4. The minimum atomic E-state index is -0.568. The number of fused-ring (bicyclic) bond motifs is 1. The maximum Gasteiger partial charge on any atom is 0.157 e. The number of aliphatic hydroxyl groups excluding tert-OH is 1. The third-order valence-corrected chi connectivity index (χ3v) is 3.81. The van der Waals surface area contributed by atoms with Crippen molar-refractivity contribution in [1.29, 1.82) is 0 Å². The van der Waals surface area contributed by atoms with E-state index in [1.54, 1.807) is 4.68 Å². The number of aryl methyl sites for hydroxylation is 2. The van der Waals surface area contributed by atoms with Crippen LogP contribution in [0.25, 0.3) is 11.0 Å². The molecule has 1 aromatic carbocycles. The molecular weight excluding hydrogens is 304 g/mol. The summed E-state index contributed by atoms with van der Waals surface area (Å²) in [5.74, 6) is 0.762. The van der Waals surface area contributed by atoms with Gasteiger partial charge in [0.2, 0.25) is 0 Å². The van der Waals surface area contributed by atoms with Crippen LogP contribution in [-0.2, 0) is 13.6 Å². The van der Waals surface area contributed by atoms with E-state index < -0.39 is 6.10 Å². The average molecular weight is 326 g/mol. The largest absolute Gasteiger partial charge is 0.491 e. The molecule has 0 saturated carbocycles. The molecule has 0 aliphatic carbocycles. The quantitative estimate of drug-likeness (QED) is 0.693. The highest BCUT2D eigenvalue weighted by Gasteiger charge is 2.08. The summed E-state index contributed by atoms with van der Waals surface area (Å²) in [7, 11) is 1.89. The van der Waals surface area contributed by atoms with Crippen LogP contribution in [0.5, 0.6) is 5.75 Å². The second kappa shape index (κ2) is 7.42. The van der Waals surface area contributed by atoms with E-state index in [-0.39, 0.29) is 6.61 Å². The molecule has 1 atom stereocenters. The smallest absolute Gasteiger partial charge is 0.157 e. The van der Waals surface area contributed by atoms with Crippen LogP contribution in [0.1, 0.15) is 11.3 Å². The van der Waals surface area contributed by atoms with Gasteiger partial charge in [-0.1, -0.05) is 18.2 Å². The Morgan fingerprint density at radius 2 is 2.08 bits per heavy atom. The standard InChI is InChI=1S/C18H22N4O2/c1-13-17-8-14(10-20-18(17)22(2)21-13)9-19-11-15(23)12-24-16-6-4-3-5-7-16/h3-8,10,15,19,23H,9,11-12H2,1-2H3/t15-/m0/s1. The number of ether oxygens (including phenoxy) is 1. The lowest BCUT2D eigenvalue weighted by molar-refractivity contribution is 0.106. The van der Waals surface area contributed by atoms with Gasteiger partial charge in [-0.25, -0.2) is 4.98 Å². The van der Waals surface area contributed by atoms with Gasteiger partial charge < -0.3 is 15.2 Å². The number of benzene rings is 1. The summed E-state index contributed by atoms with van der Waals surface area (Å²) in [6.07, 6.45) is 1.27. The van der Waals surface area contributed by atoms with Crippen LogP contribution < -0.4 is 10.1 Å². The number of rotatable bonds is 7. The van der Waals surface area contributed by atoms with Gasteiger partial charge in [-0.3, -0.25) is 4.68 Å². The zero-order valence-electron chi connectivity index (χ0n) is 13.9. The van der Waals surface area contributed by atoms with Crippen LogP contribution in [0, 0.1) is 6.92 Å². The second-order valence-corrected chi connectivity index (χ2v) is 5.83. The third kappa shape index (κ3) is 3.90. The molecule has 24 heavy (non-hydrogen) atoms. The lowest BCUT2D eigenvalue weighted by atomic mass is 10.2. The Bertz CT molecular complexity index is 801. The van der Waals surface area contributed by atoms with Crippen LogP contribution in [0.3, 0.4) is 0 Å². The molecule has 0 radical (unpaired) electrons. The summed E-state index contributed by atoms with van der Waals surface area (Å²) in [5, 5.41) is 18.7. The van der Waals surface area contributed by atoms with Crippen molar-refractivity contribution >= 4 is 11.0 Å². The molecule has 6 heteroatoms. The van der Waals surface area contributed by atoms with Gasteiger partial charge >= 0.3 is 0 Å². The van der Waals surface area contributed by atoms with E-state index in [0.29, 0.717) is 13.1 Å². The maximum absolute atomic E-state index is 9.99. The maximum atomic E-state index is 9.99. The van der Waals surface area contributed by atoms with E-state index in [0.717, 1.165) is 28.0 Å². The number of hydrogen-bond acceptors (Lipinski definition) is 5. The Morgan fingerprint density at radius 3 is 2.88 bits per heavy atom. The van der Waals surface area contributed by atoms with E-state index >= 15 is 0 Å². The highest BCUT2D eigenvalue weighted by atomic mass is 16.5. The Labute approximate surface area is 141 Å². The van der Waals surface area contributed by atoms with Gasteiger partial charge in [0.15, 0.2) is 5.65 Å². The first-order chi connectivity index (χ1) is 11.6. The highest BCUT2D eigenvalue weighted by Crippen LogP contribution is 2.16. The average Bonchev–Trinajstić information content (AvgIpc) is 2.88. The summed E-state index contributed by atoms with van der Waals surface area (Å²) < 4.78 is 7.32. The van der Waals surface area contributed by atoms with Gasteiger partial charge in [-0.05, 0) is 30.7 Å². The van der Waals surface area contributed by atoms with Crippen LogP contribution in [0.4, 0.5) is 0 Å². The second-order valence-electron chi connectivity index (χ2n) is 5.83. The van der Waals surface area contributed by atoms with E-state index in [4.69, 9.17) is 4.74 Å². The Balaban J connectivity index is 1.48. The predicted molar refractivity (Wildman–Crippen MR) is 92.9 cm³/mol. The van der Waals surface area contributed by atoms with E-state index in [2.05, 4.69) is 21.5 Å². The molecule has 3 aromatic rings. The lowest BCUT2D eigenvalue weighted by Crippen LogP contribution is -2.31. The van der Waals surface area contributed by atoms with Crippen molar-refractivity contribution in [3.63, 3.8) is 0 Å². The van der Waals surface area contributed by atoms with Gasteiger partial charge in [0.25, 0.3) is 0 Å². The topological polar surface area (TPSA) is 72.2 Å². The molecule has 0 amide bonds. The Morgan fingerprint density at radius 1 is 1.29 bits per heavy atom. The molecule has 2 N–H and O–H groups in total. The molecule has 0 unspecified atom stereocenters. The summed E-state index contributed by atoms with van der Waals surface area (Å²) in [6.45, 7) is 3.33. The van der Waals surface area contributed by atoms with E-state index in [1.807, 2.05) is 50.5 Å². The Hall–Kier alpha value is -2.44. The molecule has 0 saturated heterocycles. The summed E-state index contributed by atoms with van der Waals surface area (Å²) >= 11 is 0. The third-order valence-electron chi connectivity index (χ3n) is 3.81. The first-order valence-electron chi connectivity index (χ1n) is 7.98. The van der Waals surface area contributed by atoms with Crippen LogP contribution in [0.15, 0.2) is 42.6 Å². The van der Waals surface area contributed by atoms with E-state index in [1.165, 1.54) is 0 Å². The molecule has 0 aliphatic heterocycles. The van der Waals surface area contributed by atoms with Gasteiger partial charge in [-0.15, -0.1) is 0 Å². The number of pyridine rings is 1. The summed E-state index contributed by atoms with van der Waals surface area (Å²) in [4.78, 5) is 4.45. The lowest BCUT2D eigenvalue weighted by Gasteiger charge is -2.13. The molecule has 6 nitrogen and oxygen atoms in total. The molecule has 126 valence electrons. The van der Waals surface area contributed by atoms with Crippen LogP contribution in [0.2, 0.25) is 0 Å². The number of hydrogen-bond donors (Lipinski definition) is 2. The van der Waals surface area contributed by atoms with Gasteiger partial charge in [0.1, 0.15) is 18.5 Å². The highest BCUT2D eigenvalue weighted by molar-refractivity contribution is 5.78. The number of nitrogens with zero attached hydrogens (tertiary/aromatic N) is 3. The van der Waals surface area contributed by atoms with Crippen molar-refractivity contribution < 1.29 is 9.84 Å². The van der Waals surface area contributed by atoms with Crippen LogP contribution >= 0.6 is 0 Å². The zero-order valence-corrected chi connectivity index (χ0v) is 13.9. The van der Waals surface area contributed by atoms with Crippen molar-refractivity contribution in [2.75, 3.05) is 13.2 Å². The molecular formula is C18H22N4O2. The minimum Gasteiger partial charge on any atom is -0.491 e. The molecule has 0 aliphatic rings. The number of aromatic nitrogens is 3. The van der Waals surface area contributed by atoms with E-state index in [9.17, 15) is 5.11 Å². The number of nitrogens with one attached hydrogen (secondary N) is 1. The summed E-state index contributed by atoms with van der Waals surface area (Å²) in [5.41, 5.74) is 2.92. The fraction of sp³-hybridized carbons (Fsp3) is 0.333. The number of para-hydroxylation sites is 1. The fourth-order valence-electron chi connectivity index (χ4n) is 2.60. The first-order valence-corrected chi connectivity index (χ1v) is 7.98. The monoisotopic (exact) mass is 326 g/mol. The van der Waals surface area contributed by atoms with Crippen molar-refractivity contribution in [3.05, 3.63) is 53.9 Å². The van der Waals surface area contributed by atoms with Gasteiger partial charge in [0, 0.05) is 31.7 Å².